The Kier molecular flexibility index (Phi) is 8.57. The Morgan fingerprint density at radius 2 is 0.400 bits per heavy atom. The summed E-state index contributed by atoms with van der Waals surface area (Å²) in [5.74, 6) is -3.63. The van der Waals surface area contributed by atoms with Crippen molar-refractivity contribution >= 4 is 58.3 Å². The van der Waals surface area contributed by atoms with Crippen LogP contribution in [0.3, 0.4) is 0 Å². The third-order valence-corrected chi connectivity index (χ3v) is 31.9. The topological polar surface area (TPSA) is 0 Å². The van der Waals surface area contributed by atoms with E-state index in [-0.39, 0.29) is 0 Å². The molecule has 0 radical (unpaired) electrons. The normalized spacial score (nSPS) is 12.4. The van der Waals surface area contributed by atoms with Gasteiger partial charge in [-0.05, 0) is 0 Å². The molecule has 0 aromatic heterocycles. The average Bonchev–Trinajstić information content (AvgIpc) is 3.14. The molecule has 0 nitrogen and oxygen atoms in total. The zero-order chi connectivity index (χ0) is 30.4. The summed E-state index contributed by atoms with van der Waals surface area (Å²) in [5.41, 5.74) is 0. The zero-order valence-electron chi connectivity index (χ0n) is 25.0. The summed E-state index contributed by atoms with van der Waals surface area (Å²) >= 11 is 0. The minimum absolute atomic E-state index is 1.04. The Bertz CT molecular complexity index is 1670. The first-order valence-electron chi connectivity index (χ1n) is 15.3. The molecule has 0 spiro atoms. The zero-order valence-corrected chi connectivity index (χ0v) is 27.7. The van der Waals surface area contributed by atoms with Gasteiger partial charge in [-0.2, -0.15) is 0 Å². The molecule has 218 valence electrons. The van der Waals surface area contributed by atoms with Crippen molar-refractivity contribution < 1.29 is 0 Å². The van der Waals surface area contributed by atoms with E-state index in [1.54, 1.807) is 0 Å². The van der Waals surface area contributed by atoms with Crippen LogP contribution in [0.1, 0.15) is 0 Å². The summed E-state index contributed by atoms with van der Waals surface area (Å²) in [6.45, 7) is 0. The van der Waals surface area contributed by atoms with E-state index in [1.165, 1.54) is 37.1 Å². The van der Waals surface area contributed by atoms with Gasteiger partial charge in [-0.1, -0.05) is 0 Å². The fourth-order valence-electron chi connectivity index (χ4n) is 6.83. The van der Waals surface area contributed by atoms with E-state index < -0.39 is 21.2 Å². The molecule has 45 heavy (non-hydrogen) atoms. The van der Waals surface area contributed by atoms with Crippen molar-refractivity contribution in [3.05, 3.63) is 212 Å². The van der Waals surface area contributed by atoms with Crippen molar-refractivity contribution in [3.8, 4) is 0 Å². The predicted molar refractivity (Wildman–Crippen MR) is 203 cm³/mol. The number of hydrogen-bond donors (Lipinski definition) is 0. The van der Waals surface area contributed by atoms with E-state index in [0.29, 0.717) is 0 Å². The molecule has 7 rings (SSSR count). The minimum atomic E-state index is -3.63. The molecular weight excluding hydrogens is 597 g/mol. The fourth-order valence-corrected chi connectivity index (χ4v) is 35.1. The van der Waals surface area contributed by atoms with Gasteiger partial charge in [-0.25, -0.2) is 0 Å². The fraction of sp³-hybridized carbons (Fsp3) is 0. The summed E-state index contributed by atoms with van der Waals surface area (Å²) < 4.78 is 0. The van der Waals surface area contributed by atoms with Crippen LogP contribution >= 0.6 is 21.2 Å². The van der Waals surface area contributed by atoms with Crippen molar-refractivity contribution in [2.45, 2.75) is 0 Å². The molecule has 3 heteroatoms. The van der Waals surface area contributed by atoms with E-state index in [9.17, 15) is 0 Å². The Hall–Kier alpha value is -4.17. The molecule has 0 atom stereocenters. The van der Waals surface area contributed by atoms with Crippen LogP contribution in [-0.4, -0.2) is 0 Å². The molecule has 0 amide bonds. The molecule has 0 aliphatic rings. The predicted octanol–water partition coefficient (Wildman–Crippen LogP) is 8.61. The van der Waals surface area contributed by atoms with Crippen LogP contribution in [0.2, 0.25) is 0 Å². The Morgan fingerprint density at radius 1 is 0.222 bits per heavy atom. The van der Waals surface area contributed by atoms with Crippen molar-refractivity contribution in [1.82, 2.24) is 0 Å². The Labute approximate surface area is 269 Å². The molecular formula is C42H35P3. The van der Waals surface area contributed by atoms with E-state index >= 15 is 0 Å². The maximum absolute atomic E-state index is 3.63. The first kappa shape index (κ1) is 29.5. The average molecular weight is 633 g/mol. The van der Waals surface area contributed by atoms with Crippen LogP contribution in [0.15, 0.2) is 212 Å². The van der Waals surface area contributed by atoms with E-state index in [1.807, 2.05) is 0 Å². The van der Waals surface area contributed by atoms with E-state index in [0.717, 1.165) is 0 Å². The second-order valence-corrected chi connectivity index (χ2v) is 26.1. The first-order valence-corrected chi connectivity index (χ1v) is 21.7. The molecule has 0 heterocycles. The summed E-state index contributed by atoms with van der Waals surface area (Å²) in [7, 11) is -2.08. The van der Waals surface area contributed by atoms with Gasteiger partial charge in [-0.15, -0.1) is 0 Å². The van der Waals surface area contributed by atoms with Gasteiger partial charge >= 0.3 is 271 Å². The van der Waals surface area contributed by atoms with Gasteiger partial charge in [0.05, 0.1) is 0 Å². The van der Waals surface area contributed by atoms with Crippen molar-refractivity contribution in [2.24, 2.45) is 0 Å². The summed E-state index contributed by atoms with van der Waals surface area (Å²) in [6.07, 6.45) is 0. The molecule has 7 aromatic rings. The monoisotopic (exact) mass is 632 g/mol. The van der Waals surface area contributed by atoms with Gasteiger partial charge in [0.15, 0.2) is 0 Å². The summed E-state index contributed by atoms with van der Waals surface area (Å²) in [4.78, 5) is 0. The SMILES string of the molecule is c1ccc(P(c2ccccc2)P(c2ccccc2)(c2ccccc2)(c2ccccc2)P(c2ccccc2)c2ccccc2)cc1. The molecule has 0 saturated carbocycles. The molecule has 0 N–H and O–H groups in total. The van der Waals surface area contributed by atoms with Gasteiger partial charge in [-0.3, -0.25) is 0 Å². The number of hydrogen-bond acceptors (Lipinski definition) is 0. The van der Waals surface area contributed by atoms with E-state index in [2.05, 4.69) is 212 Å². The van der Waals surface area contributed by atoms with Crippen molar-refractivity contribution in [2.75, 3.05) is 0 Å². The van der Waals surface area contributed by atoms with Crippen LogP contribution in [0.25, 0.3) is 0 Å². The third-order valence-electron chi connectivity index (χ3n) is 8.52. The van der Waals surface area contributed by atoms with Crippen LogP contribution < -0.4 is 37.1 Å². The van der Waals surface area contributed by atoms with Crippen LogP contribution in [0, 0.1) is 0 Å². The van der Waals surface area contributed by atoms with Gasteiger partial charge in [0, 0.05) is 0 Å². The number of rotatable bonds is 9. The Morgan fingerprint density at radius 3 is 0.600 bits per heavy atom. The van der Waals surface area contributed by atoms with Crippen LogP contribution in [-0.2, 0) is 0 Å². The molecule has 7 aromatic carbocycles. The Balaban J connectivity index is 1.85. The van der Waals surface area contributed by atoms with Crippen molar-refractivity contribution in [1.29, 1.82) is 0 Å². The van der Waals surface area contributed by atoms with Gasteiger partial charge in [0.1, 0.15) is 0 Å². The molecule has 0 aliphatic carbocycles. The molecule has 0 unspecified atom stereocenters. The molecule has 0 saturated heterocycles. The van der Waals surface area contributed by atoms with Crippen molar-refractivity contribution in [3.63, 3.8) is 0 Å². The van der Waals surface area contributed by atoms with Crippen LogP contribution in [0.5, 0.6) is 0 Å². The molecule has 0 bridgehead atoms. The maximum atomic E-state index is 2.44. The summed E-state index contributed by atoms with van der Waals surface area (Å²) in [6, 6.07) is 80.3. The standard InChI is InChI=1S/C42H35P3/c1-8-22-36(23-9-1)43(37-24-10-2-11-25-37)45(40-30-16-5-17-31-40,41-32-18-6-19-33-41,42-34-20-7-21-35-42)44(38-26-12-3-13-27-38)39-28-14-4-15-29-39/h1-35H. The second-order valence-electron chi connectivity index (χ2n) is 11.0. The van der Waals surface area contributed by atoms with Gasteiger partial charge in [0.25, 0.3) is 0 Å². The second kappa shape index (κ2) is 13.1. The number of benzene rings is 7. The molecule has 0 aliphatic heterocycles. The summed E-state index contributed by atoms with van der Waals surface area (Å²) in [5, 5.41) is 9.87. The van der Waals surface area contributed by atoms with Crippen LogP contribution in [0.4, 0.5) is 0 Å². The quantitative estimate of drug-likeness (QED) is 0.140. The molecule has 0 fully saturated rings. The third kappa shape index (κ3) is 4.90. The van der Waals surface area contributed by atoms with Gasteiger partial charge in [0.2, 0.25) is 0 Å². The van der Waals surface area contributed by atoms with E-state index in [4.69, 9.17) is 0 Å². The first-order chi connectivity index (χ1) is 22.3. The van der Waals surface area contributed by atoms with Gasteiger partial charge < -0.3 is 0 Å².